The molecular weight excluding hydrogens is 248 g/mol. The Balaban J connectivity index is 1.51. The second-order valence-electron chi connectivity index (χ2n) is 6.10. The molecule has 1 aliphatic heterocycles. The first kappa shape index (κ1) is 13.6. The Morgan fingerprint density at radius 2 is 2.05 bits per heavy atom. The fraction of sp³-hybridized carbons (Fsp3) is 0.588. The Morgan fingerprint density at radius 3 is 2.85 bits per heavy atom. The molecule has 2 aliphatic rings. The molecule has 0 aromatic heterocycles. The van der Waals surface area contributed by atoms with E-state index in [-0.39, 0.29) is 11.8 Å². The standard InChI is InChI=1S/C17H24N2O/c20-17(19-12-16-7-3-4-10-18-16)15-9-8-13-5-1-2-6-14(13)11-15/h1-2,5-6,15-16,18H,3-4,7-12H2,(H,19,20). The van der Waals surface area contributed by atoms with Gasteiger partial charge in [0, 0.05) is 18.5 Å². The van der Waals surface area contributed by atoms with Gasteiger partial charge in [0.25, 0.3) is 0 Å². The normalized spacial score (nSPS) is 25.8. The lowest BCUT2D eigenvalue weighted by Crippen LogP contribution is -2.45. The van der Waals surface area contributed by atoms with Crippen LogP contribution in [0.3, 0.4) is 0 Å². The van der Waals surface area contributed by atoms with E-state index in [0.29, 0.717) is 6.04 Å². The van der Waals surface area contributed by atoms with Gasteiger partial charge in [-0.05, 0) is 49.8 Å². The van der Waals surface area contributed by atoms with Crippen LogP contribution in [-0.4, -0.2) is 25.0 Å². The Hall–Kier alpha value is -1.35. The van der Waals surface area contributed by atoms with Gasteiger partial charge in [0.05, 0.1) is 0 Å². The summed E-state index contributed by atoms with van der Waals surface area (Å²) in [6, 6.07) is 9.00. The van der Waals surface area contributed by atoms with Crippen LogP contribution in [0.2, 0.25) is 0 Å². The lowest BCUT2D eigenvalue weighted by atomic mass is 9.83. The highest BCUT2D eigenvalue weighted by Crippen LogP contribution is 2.25. The van der Waals surface area contributed by atoms with Crippen LogP contribution in [0.15, 0.2) is 24.3 Å². The number of hydrogen-bond donors (Lipinski definition) is 2. The van der Waals surface area contributed by atoms with Gasteiger partial charge in [-0.1, -0.05) is 30.7 Å². The molecule has 0 spiro atoms. The minimum atomic E-state index is 0.161. The van der Waals surface area contributed by atoms with Crippen molar-refractivity contribution in [2.75, 3.05) is 13.1 Å². The molecule has 2 unspecified atom stereocenters. The van der Waals surface area contributed by atoms with Gasteiger partial charge < -0.3 is 10.6 Å². The molecule has 3 nitrogen and oxygen atoms in total. The molecule has 2 N–H and O–H groups in total. The SMILES string of the molecule is O=C(NCC1CCCCN1)C1CCc2ccccc2C1. The first-order chi connectivity index (χ1) is 9.83. The van der Waals surface area contributed by atoms with Crippen LogP contribution in [0.1, 0.15) is 36.8 Å². The third-order valence-electron chi connectivity index (χ3n) is 4.65. The number of carbonyl (C=O) groups excluding carboxylic acids is 1. The molecule has 1 aliphatic carbocycles. The summed E-state index contributed by atoms with van der Waals surface area (Å²) in [6.07, 6.45) is 6.67. The summed E-state index contributed by atoms with van der Waals surface area (Å²) >= 11 is 0. The van der Waals surface area contributed by atoms with Crippen molar-refractivity contribution in [3.8, 4) is 0 Å². The van der Waals surface area contributed by atoms with Crippen LogP contribution in [0.4, 0.5) is 0 Å². The van der Waals surface area contributed by atoms with E-state index < -0.39 is 0 Å². The van der Waals surface area contributed by atoms with E-state index in [1.165, 1.54) is 30.4 Å². The van der Waals surface area contributed by atoms with Gasteiger partial charge in [0.15, 0.2) is 0 Å². The zero-order valence-electron chi connectivity index (χ0n) is 12.0. The lowest BCUT2D eigenvalue weighted by Gasteiger charge is -2.27. The third-order valence-corrected chi connectivity index (χ3v) is 4.65. The van der Waals surface area contributed by atoms with E-state index in [0.717, 1.165) is 32.4 Å². The van der Waals surface area contributed by atoms with Gasteiger partial charge in [0.2, 0.25) is 5.91 Å². The third kappa shape index (κ3) is 3.21. The van der Waals surface area contributed by atoms with Crippen LogP contribution >= 0.6 is 0 Å². The Kier molecular flexibility index (Phi) is 4.36. The van der Waals surface area contributed by atoms with Gasteiger partial charge >= 0.3 is 0 Å². The molecule has 0 bridgehead atoms. The number of piperidine rings is 1. The highest BCUT2D eigenvalue weighted by Gasteiger charge is 2.24. The van der Waals surface area contributed by atoms with E-state index >= 15 is 0 Å². The minimum Gasteiger partial charge on any atom is -0.354 e. The molecule has 3 rings (SSSR count). The Morgan fingerprint density at radius 1 is 1.20 bits per heavy atom. The maximum atomic E-state index is 12.3. The van der Waals surface area contributed by atoms with Crippen LogP contribution in [-0.2, 0) is 17.6 Å². The van der Waals surface area contributed by atoms with Crippen molar-refractivity contribution in [3.63, 3.8) is 0 Å². The average Bonchev–Trinajstić information content (AvgIpc) is 2.53. The molecule has 1 heterocycles. The monoisotopic (exact) mass is 272 g/mol. The predicted molar refractivity (Wildman–Crippen MR) is 80.6 cm³/mol. The Labute approximate surface area is 121 Å². The summed E-state index contributed by atoms with van der Waals surface area (Å²) in [5.74, 6) is 0.403. The quantitative estimate of drug-likeness (QED) is 0.884. The largest absolute Gasteiger partial charge is 0.354 e. The molecule has 3 heteroatoms. The molecule has 0 radical (unpaired) electrons. The number of hydrogen-bond acceptors (Lipinski definition) is 2. The number of nitrogens with one attached hydrogen (secondary N) is 2. The van der Waals surface area contributed by atoms with Gasteiger partial charge in [-0.15, -0.1) is 0 Å². The second kappa shape index (κ2) is 6.40. The number of fused-ring (bicyclic) bond motifs is 1. The van der Waals surface area contributed by atoms with E-state index in [2.05, 4.69) is 34.9 Å². The van der Waals surface area contributed by atoms with Crippen LogP contribution in [0, 0.1) is 5.92 Å². The number of amides is 1. The summed E-state index contributed by atoms with van der Waals surface area (Å²) in [5, 5.41) is 6.63. The lowest BCUT2D eigenvalue weighted by molar-refractivity contribution is -0.125. The van der Waals surface area contributed by atoms with E-state index in [1.807, 2.05) is 0 Å². The molecule has 1 fully saturated rings. The first-order valence-corrected chi connectivity index (χ1v) is 7.91. The van der Waals surface area contributed by atoms with Crippen molar-refractivity contribution in [2.45, 2.75) is 44.6 Å². The van der Waals surface area contributed by atoms with E-state index in [1.54, 1.807) is 0 Å². The van der Waals surface area contributed by atoms with Gasteiger partial charge in [0.1, 0.15) is 0 Å². The van der Waals surface area contributed by atoms with Crippen LogP contribution in [0.5, 0.6) is 0 Å². The van der Waals surface area contributed by atoms with Crippen molar-refractivity contribution >= 4 is 5.91 Å². The highest BCUT2D eigenvalue weighted by atomic mass is 16.1. The highest BCUT2D eigenvalue weighted by molar-refractivity contribution is 5.79. The summed E-state index contributed by atoms with van der Waals surface area (Å²) in [5.41, 5.74) is 2.78. The summed E-state index contributed by atoms with van der Waals surface area (Å²) in [4.78, 5) is 12.3. The van der Waals surface area contributed by atoms with Crippen molar-refractivity contribution < 1.29 is 4.79 Å². The fourth-order valence-corrected chi connectivity index (χ4v) is 3.39. The predicted octanol–water partition coefficient (Wildman–Crippen LogP) is 2.05. The summed E-state index contributed by atoms with van der Waals surface area (Å²) < 4.78 is 0. The molecule has 2 atom stereocenters. The van der Waals surface area contributed by atoms with Gasteiger partial charge in [-0.2, -0.15) is 0 Å². The van der Waals surface area contributed by atoms with Crippen LogP contribution in [0.25, 0.3) is 0 Å². The van der Waals surface area contributed by atoms with E-state index in [9.17, 15) is 4.79 Å². The fourth-order valence-electron chi connectivity index (χ4n) is 3.39. The minimum absolute atomic E-state index is 0.161. The van der Waals surface area contributed by atoms with E-state index in [4.69, 9.17) is 0 Å². The maximum absolute atomic E-state index is 12.3. The number of carbonyl (C=O) groups is 1. The van der Waals surface area contributed by atoms with Crippen molar-refractivity contribution in [1.82, 2.24) is 10.6 Å². The van der Waals surface area contributed by atoms with Crippen LogP contribution < -0.4 is 10.6 Å². The van der Waals surface area contributed by atoms with Crippen molar-refractivity contribution in [3.05, 3.63) is 35.4 Å². The summed E-state index contributed by atoms with van der Waals surface area (Å²) in [7, 11) is 0. The number of benzene rings is 1. The zero-order valence-corrected chi connectivity index (χ0v) is 12.0. The molecule has 0 saturated carbocycles. The smallest absolute Gasteiger partial charge is 0.223 e. The van der Waals surface area contributed by atoms with Crippen molar-refractivity contribution in [2.24, 2.45) is 5.92 Å². The Bertz CT molecular complexity index is 466. The molecular formula is C17H24N2O. The van der Waals surface area contributed by atoms with Gasteiger partial charge in [-0.25, -0.2) is 0 Å². The second-order valence-corrected chi connectivity index (χ2v) is 6.10. The van der Waals surface area contributed by atoms with Crippen molar-refractivity contribution in [1.29, 1.82) is 0 Å². The van der Waals surface area contributed by atoms with Gasteiger partial charge in [-0.3, -0.25) is 4.79 Å². The summed E-state index contributed by atoms with van der Waals surface area (Å²) in [6.45, 7) is 1.88. The first-order valence-electron chi connectivity index (χ1n) is 7.91. The number of rotatable bonds is 3. The molecule has 1 saturated heterocycles. The molecule has 1 amide bonds. The zero-order chi connectivity index (χ0) is 13.8. The number of aryl methyl sites for hydroxylation is 1. The maximum Gasteiger partial charge on any atom is 0.223 e. The molecule has 20 heavy (non-hydrogen) atoms. The molecule has 108 valence electrons. The topological polar surface area (TPSA) is 41.1 Å². The molecule has 1 aromatic rings. The average molecular weight is 272 g/mol. The molecule has 1 aromatic carbocycles.